The van der Waals surface area contributed by atoms with Crippen molar-refractivity contribution in [1.29, 1.82) is 5.26 Å². The van der Waals surface area contributed by atoms with E-state index in [2.05, 4.69) is 11.1 Å². The summed E-state index contributed by atoms with van der Waals surface area (Å²) < 4.78 is 10.5. The standard InChI is InChI=1S/C15H14N2O2/c1-18-13-6-5-12(10-14(13)19-2)15-11(7-8-16)4-3-9-17-15/h3-6,9-10H,7H2,1-2H3. The van der Waals surface area contributed by atoms with Crippen molar-refractivity contribution in [3.63, 3.8) is 0 Å². The lowest BCUT2D eigenvalue weighted by Crippen LogP contribution is -1.94. The first kappa shape index (κ1) is 12.9. The number of pyridine rings is 1. The molecule has 0 radical (unpaired) electrons. The van der Waals surface area contributed by atoms with Crippen LogP contribution >= 0.6 is 0 Å². The Bertz CT molecular complexity index is 618. The molecule has 19 heavy (non-hydrogen) atoms. The highest BCUT2D eigenvalue weighted by Crippen LogP contribution is 2.32. The molecule has 0 aliphatic rings. The summed E-state index contributed by atoms with van der Waals surface area (Å²) in [5.74, 6) is 1.32. The molecule has 1 aromatic heterocycles. The molecular formula is C15H14N2O2. The maximum absolute atomic E-state index is 8.85. The molecule has 4 heteroatoms. The molecule has 0 saturated heterocycles. The zero-order chi connectivity index (χ0) is 13.7. The van der Waals surface area contributed by atoms with Crippen LogP contribution in [-0.2, 0) is 6.42 Å². The molecular weight excluding hydrogens is 240 g/mol. The van der Waals surface area contributed by atoms with Gasteiger partial charge in [0, 0.05) is 11.8 Å². The Morgan fingerprint density at radius 3 is 2.63 bits per heavy atom. The van der Waals surface area contributed by atoms with Crippen molar-refractivity contribution in [2.75, 3.05) is 14.2 Å². The van der Waals surface area contributed by atoms with Gasteiger partial charge in [-0.05, 0) is 29.8 Å². The normalized spacial score (nSPS) is 9.74. The summed E-state index contributed by atoms with van der Waals surface area (Å²) in [7, 11) is 3.19. The molecule has 0 spiro atoms. The molecule has 2 aromatic rings. The highest BCUT2D eigenvalue weighted by Gasteiger charge is 2.10. The number of hydrogen-bond acceptors (Lipinski definition) is 4. The summed E-state index contributed by atoms with van der Waals surface area (Å²) in [5.41, 5.74) is 2.60. The number of ether oxygens (including phenoxy) is 2. The average Bonchev–Trinajstić information content (AvgIpc) is 2.47. The van der Waals surface area contributed by atoms with Crippen LogP contribution in [-0.4, -0.2) is 19.2 Å². The molecule has 0 aliphatic carbocycles. The largest absolute Gasteiger partial charge is 0.493 e. The highest BCUT2D eigenvalue weighted by atomic mass is 16.5. The van der Waals surface area contributed by atoms with E-state index in [-0.39, 0.29) is 0 Å². The number of aromatic nitrogens is 1. The van der Waals surface area contributed by atoms with Gasteiger partial charge in [0.25, 0.3) is 0 Å². The SMILES string of the molecule is COc1ccc(-c2ncccc2CC#N)cc1OC. The first-order chi connectivity index (χ1) is 9.30. The van der Waals surface area contributed by atoms with Crippen molar-refractivity contribution < 1.29 is 9.47 Å². The van der Waals surface area contributed by atoms with Gasteiger partial charge in [-0.1, -0.05) is 6.07 Å². The van der Waals surface area contributed by atoms with Gasteiger partial charge >= 0.3 is 0 Å². The van der Waals surface area contributed by atoms with E-state index < -0.39 is 0 Å². The van der Waals surface area contributed by atoms with Gasteiger partial charge in [-0.3, -0.25) is 4.98 Å². The van der Waals surface area contributed by atoms with E-state index in [0.717, 1.165) is 16.8 Å². The number of hydrogen-bond donors (Lipinski definition) is 0. The summed E-state index contributed by atoms with van der Waals surface area (Å²) in [6.07, 6.45) is 2.05. The third kappa shape index (κ3) is 2.66. The van der Waals surface area contributed by atoms with Crippen molar-refractivity contribution in [3.05, 3.63) is 42.1 Å². The second-order valence-electron chi connectivity index (χ2n) is 3.92. The summed E-state index contributed by atoms with van der Waals surface area (Å²) in [4.78, 5) is 4.35. The van der Waals surface area contributed by atoms with Gasteiger partial charge in [0.2, 0.25) is 0 Å². The molecule has 0 aliphatic heterocycles. The molecule has 0 saturated carbocycles. The molecule has 0 fully saturated rings. The van der Waals surface area contributed by atoms with Gasteiger partial charge in [0.05, 0.1) is 32.4 Å². The molecule has 4 nitrogen and oxygen atoms in total. The highest BCUT2D eigenvalue weighted by molar-refractivity contribution is 5.67. The third-order valence-electron chi connectivity index (χ3n) is 2.82. The van der Waals surface area contributed by atoms with Gasteiger partial charge in [0.1, 0.15) is 0 Å². The van der Waals surface area contributed by atoms with Crippen molar-refractivity contribution >= 4 is 0 Å². The van der Waals surface area contributed by atoms with Crippen LogP contribution < -0.4 is 9.47 Å². The number of benzene rings is 1. The number of nitriles is 1. The smallest absolute Gasteiger partial charge is 0.161 e. The Morgan fingerprint density at radius 2 is 1.95 bits per heavy atom. The maximum Gasteiger partial charge on any atom is 0.161 e. The predicted octanol–water partition coefficient (Wildman–Crippen LogP) is 2.83. The van der Waals surface area contributed by atoms with Crippen molar-refractivity contribution in [1.82, 2.24) is 4.98 Å². The van der Waals surface area contributed by atoms with Crippen molar-refractivity contribution in [2.45, 2.75) is 6.42 Å². The van der Waals surface area contributed by atoms with Gasteiger partial charge < -0.3 is 9.47 Å². The van der Waals surface area contributed by atoms with Gasteiger partial charge in [-0.25, -0.2) is 0 Å². The van der Waals surface area contributed by atoms with E-state index in [9.17, 15) is 0 Å². The van der Waals surface area contributed by atoms with Crippen LogP contribution in [0.3, 0.4) is 0 Å². The molecule has 96 valence electrons. The van der Waals surface area contributed by atoms with Gasteiger partial charge in [0.15, 0.2) is 11.5 Å². The molecule has 1 heterocycles. The van der Waals surface area contributed by atoms with E-state index in [1.165, 1.54) is 0 Å². The van der Waals surface area contributed by atoms with Gasteiger partial charge in [-0.2, -0.15) is 5.26 Å². The quantitative estimate of drug-likeness (QED) is 0.841. The molecule has 0 amide bonds. The van der Waals surface area contributed by atoms with Crippen LogP contribution in [0, 0.1) is 11.3 Å². The number of nitrogens with zero attached hydrogens (tertiary/aromatic N) is 2. The first-order valence-electron chi connectivity index (χ1n) is 5.83. The van der Waals surface area contributed by atoms with E-state index in [1.807, 2.05) is 30.3 Å². The molecule has 1 aromatic carbocycles. The summed E-state index contributed by atoms with van der Waals surface area (Å²) >= 11 is 0. The third-order valence-corrected chi connectivity index (χ3v) is 2.82. The van der Waals surface area contributed by atoms with Crippen molar-refractivity contribution in [3.8, 4) is 28.8 Å². The second-order valence-corrected chi connectivity index (χ2v) is 3.92. The molecule has 0 bridgehead atoms. The van der Waals surface area contributed by atoms with E-state index in [4.69, 9.17) is 14.7 Å². The number of methoxy groups -OCH3 is 2. The average molecular weight is 254 g/mol. The number of rotatable bonds is 4. The van der Waals surface area contributed by atoms with Crippen LogP contribution in [0.25, 0.3) is 11.3 Å². The fourth-order valence-electron chi connectivity index (χ4n) is 1.91. The summed E-state index contributed by atoms with van der Waals surface area (Å²) in [6, 6.07) is 11.5. The first-order valence-corrected chi connectivity index (χ1v) is 5.83. The molecule has 0 atom stereocenters. The zero-order valence-corrected chi connectivity index (χ0v) is 10.9. The lowest BCUT2D eigenvalue weighted by molar-refractivity contribution is 0.355. The minimum atomic E-state index is 0.331. The fourth-order valence-corrected chi connectivity index (χ4v) is 1.91. The zero-order valence-electron chi connectivity index (χ0n) is 10.9. The Morgan fingerprint density at radius 1 is 1.16 bits per heavy atom. The monoisotopic (exact) mass is 254 g/mol. The molecule has 2 rings (SSSR count). The van der Waals surface area contributed by atoms with Crippen LogP contribution in [0.5, 0.6) is 11.5 Å². The van der Waals surface area contributed by atoms with Crippen LogP contribution in [0.2, 0.25) is 0 Å². The van der Waals surface area contributed by atoms with E-state index in [0.29, 0.717) is 17.9 Å². The topological polar surface area (TPSA) is 55.1 Å². The minimum absolute atomic E-state index is 0.331. The summed E-state index contributed by atoms with van der Waals surface area (Å²) in [5, 5.41) is 8.85. The Kier molecular flexibility index (Phi) is 3.99. The van der Waals surface area contributed by atoms with Crippen molar-refractivity contribution in [2.24, 2.45) is 0 Å². The van der Waals surface area contributed by atoms with Crippen LogP contribution in [0.4, 0.5) is 0 Å². The lowest BCUT2D eigenvalue weighted by atomic mass is 10.0. The lowest BCUT2D eigenvalue weighted by Gasteiger charge is -2.10. The predicted molar refractivity (Wildman–Crippen MR) is 72.1 cm³/mol. The van der Waals surface area contributed by atoms with Crippen LogP contribution in [0.15, 0.2) is 36.5 Å². The Hall–Kier alpha value is -2.54. The maximum atomic E-state index is 8.85. The Balaban J connectivity index is 2.50. The van der Waals surface area contributed by atoms with Gasteiger partial charge in [-0.15, -0.1) is 0 Å². The fraction of sp³-hybridized carbons (Fsp3) is 0.200. The molecule has 0 unspecified atom stereocenters. The summed E-state index contributed by atoms with van der Waals surface area (Å²) in [6.45, 7) is 0. The minimum Gasteiger partial charge on any atom is -0.493 e. The van der Waals surface area contributed by atoms with E-state index in [1.54, 1.807) is 20.4 Å². The molecule has 0 N–H and O–H groups in total. The Labute approximate surface area is 112 Å². The van der Waals surface area contributed by atoms with Crippen LogP contribution in [0.1, 0.15) is 5.56 Å². The second kappa shape index (κ2) is 5.87. The van der Waals surface area contributed by atoms with E-state index >= 15 is 0 Å².